The van der Waals surface area contributed by atoms with Crippen LogP contribution in [0.4, 0.5) is 5.95 Å². The molecule has 2 heterocycles. The van der Waals surface area contributed by atoms with E-state index in [4.69, 9.17) is 4.98 Å². The van der Waals surface area contributed by atoms with Crippen LogP contribution in [0, 0.1) is 6.92 Å². The zero-order valence-corrected chi connectivity index (χ0v) is 15.5. The van der Waals surface area contributed by atoms with Gasteiger partial charge in [0.1, 0.15) is 0 Å². The summed E-state index contributed by atoms with van der Waals surface area (Å²) in [5.74, 6) is 0.538. The average molecular weight is 361 g/mol. The van der Waals surface area contributed by atoms with Crippen LogP contribution in [0.15, 0.2) is 36.7 Å². The van der Waals surface area contributed by atoms with Gasteiger partial charge >= 0.3 is 0 Å². The van der Waals surface area contributed by atoms with Gasteiger partial charge in [-0.3, -0.25) is 9.78 Å². The number of pyridine rings is 1. The lowest BCUT2D eigenvalue weighted by molar-refractivity contribution is 0.0955. The quantitative estimate of drug-likeness (QED) is 0.683. The molecular formula is C21H23N5O. The summed E-state index contributed by atoms with van der Waals surface area (Å²) in [6, 6.07) is 7.91. The molecule has 0 aliphatic heterocycles. The van der Waals surface area contributed by atoms with E-state index >= 15 is 0 Å². The third kappa shape index (κ3) is 3.74. The third-order valence-corrected chi connectivity index (χ3v) is 4.90. The first-order valence-corrected chi connectivity index (χ1v) is 9.43. The smallest absolute Gasteiger partial charge is 0.252 e. The van der Waals surface area contributed by atoms with Crippen LogP contribution in [0.5, 0.6) is 0 Å². The van der Waals surface area contributed by atoms with Crippen LogP contribution >= 0.6 is 0 Å². The van der Waals surface area contributed by atoms with Crippen LogP contribution in [0.3, 0.4) is 0 Å². The summed E-state index contributed by atoms with van der Waals surface area (Å²) in [4.78, 5) is 26.1. The van der Waals surface area contributed by atoms with Gasteiger partial charge in [0.15, 0.2) is 0 Å². The molecule has 2 N–H and O–H groups in total. The molecule has 0 atom stereocenters. The molecule has 0 saturated carbocycles. The summed E-state index contributed by atoms with van der Waals surface area (Å²) in [6.45, 7) is 3.12. The van der Waals surface area contributed by atoms with Crippen molar-refractivity contribution in [1.29, 1.82) is 0 Å². The SMILES string of the molecule is Cc1ccc2nc3c(c(C(=O)NCCNc4ncccn4)c2c1)CCCC3. The zero-order valence-electron chi connectivity index (χ0n) is 15.5. The number of aromatic nitrogens is 3. The van der Waals surface area contributed by atoms with Gasteiger partial charge in [-0.1, -0.05) is 11.6 Å². The van der Waals surface area contributed by atoms with Gasteiger partial charge in [0, 0.05) is 36.6 Å². The molecule has 0 radical (unpaired) electrons. The first-order chi connectivity index (χ1) is 13.2. The summed E-state index contributed by atoms with van der Waals surface area (Å²) < 4.78 is 0. The van der Waals surface area contributed by atoms with Crippen molar-refractivity contribution < 1.29 is 4.79 Å². The summed E-state index contributed by atoms with van der Waals surface area (Å²) in [7, 11) is 0. The van der Waals surface area contributed by atoms with Gasteiger partial charge < -0.3 is 10.6 Å². The van der Waals surface area contributed by atoms with E-state index in [2.05, 4.69) is 32.7 Å². The topological polar surface area (TPSA) is 79.8 Å². The van der Waals surface area contributed by atoms with Crippen LogP contribution < -0.4 is 10.6 Å². The average Bonchev–Trinajstić information content (AvgIpc) is 2.70. The first-order valence-electron chi connectivity index (χ1n) is 9.43. The van der Waals surface area contributed by atoms with E-state index in [9.17, 15) is 4.79 Å². The Bertz CT molecular complexity index is 971. The number of nitrogens with zero attached hydrogens (tertiary/aromatic N) is 3. The van der Waals surface area contributed by atoms with E-state index in [1.165, 1.54) is 0 Å². The first kappa shape index (κ1) is 17.4. The lowest BCUT2D eigenvalue weighted by Gasteiger charge is -2.20. The van der Waals surface area contributed by atoms with Gasteiger partial charge in [-0.25, -0.2) is 9.97 Å². The lowest BCUT2D eigenvalue weighted by atomic mass is 9.89. The second-order valence-corrected chi connectivity index (χ2v) is 6.89. The number of rotatable bonds is 5. The Morgan fingerprint density at radius 2 is 1.93 bits per heavy atom. The second kappa shape index (κ2) is 7.70. The van der Waals surface area contributed by atoms with E-state index in [1.54, 1.807) is 18.5 Å². The fraction of sp³-hybridized carbons (Fsp3) is 0.333. The Hall–Kier alpha value is -3.02. The summed E-state index contributed by atoms with van der Waals surface area (Å²) in [5.41, 5.74) is 5.04. The van der Waals surface area contributed by atoms with Gasteiger partial charge in [-0.15, -0.1) is 0 Å². The normalized spacial score (nSPS) is 13.2. The molecule has 4 rings (SSSR count). The molecule has 2 aromatic heterocycles. The highest BCUT2D eigenvalue weighted by atomic mass is 16.1. The van der Waals surface area contributed by atoms with Crippen molar-refractivity contribution in [3.63, 3.8) is 0 Å². The van der Waals surface area contributed by atoms with Crippen molar-refractivity contribution in [1.82, 2.24) is 20.3 Å². The molecule has 6 heteroatoms. The minimum atomic E-state index is -0.0260. The molecule has 138 valence electrons. The Morgan fingerprint density at radius 3 is 2.78 bits per heavy atom. The molecule has 1 aromatic carbocycles. The number of benzene rings is 1. The van der Waals surface area contributed by atoms with E-state index in [-0.39, 0.29) is 5.91 Å². The highest BCUT2D eigenvalue weighted by molar-refractivity contribution is 6.08. The van der Waals surface area contributed by atoms with Gasteiger partial charge in [-0.2, -0.15) is 0 Å². The maximum absolute atomic E-state index is 13.1. The maximum Gasteiger partial charge on any atom is 0.252 e. The molecule has 0 spiro atoms. The van der Waals surface area contributed by atoms with Crippen LogP contribution in [0.25, 0.3) is 10.9 Å². The largest absolute Gasteiger partial charge is 0.352 e. The number of anilines is 1. The van der Waals surface area contributed by atoms with E-state index in [0.29, 0.717) is 19.0 Å². The van der Waals surface area contributed by atoms with Crippen molar-refractivity contribution in [2.75, 3.05) is 18.4 Å². The van der Waals surface area contributed by atoms with Crippen LogP contribution in [-0.4, -0.2) is 33.9 Å². The van der Waals surface area contributed by atoms with Gasteiger partial charge in [-0.05, 0) is 56.4 Å². The number of nitrogens with one attached hydrogen (secondary N) is 2. The lowest BCUT2D eigenvalue weighted by Crippen LogP contribution is -2.30. The number of aryl methyl sites for hydroxylation is 2. The fourth-order valence-corrected chi connectivity index (χ4v) is 3.63. The highest BCUT2D eigenvalue weighted by Crippen LogP contribution is 2.29. The van der Waals surface area contributed by atoms with Crippen molar-refractivity contribution in [3.8, 4) is 0 Å². The van der Waals surface area contributed by atoms with Gasteiger partial charge in [0.2, 0.25) is 5.95 Å². The second-order valence-electron chi connectivity index (χ2n) is 6.89. The van der Waals surface area contributed by atoms with Crippen LogP contribution in [0.2, 0.25) is 0 Å². The molecule has 3 aromatic rings. The standard InChI is InChI=1S/C21H23N5O/c1-14-7-8-18-16(13-14)19(15-5-2-3-6-17(15)26-18)20(27)22-11-12-25-21-23-9-4-10-24-21/h4,7-10,13H,2-3,5-6,11-12H2,1H3,(H,22,27)(H,23,24,25). The van der Waals surface area contributed by atoms with Crippen molar-refractivity contribution in [2.24, 2.45) is 0 Å². The molecule has 0 unspecified atom stereocenters. The molecule has 1 aliphatic rings. The van der Waals surface area contributed by atoms with E-state index < -0.39 is 0 Å². The molecule has 0 fully saturated rings. The number of amides is 1. The van der Waals surface area contributed by atoms with Crippen molar-refractivity contribution in [3.05, 3.63) is 59.0 Å². The minimum absolute atomic E-state index is 0.0260. The Balaban J connectivity index is 1.56. The Morgan fingerprint density at radius 1 is 1.11 bits per heavy atom. The van der Waals surface area contributed by atoms with Gasteiger partial charge in [0.05, 0.1) is 11.1 Å². The minimum Gasteiger partial charge on any atom is -0.352 e. The molecular weight excluding hydrogens is 338 g/mol. The fourth-order valence-electron chi connectivity index (χ4n) is 3.63. The number of hydrogen-bond acceptors (Lipinski definition) is 5. The Kier molecular flexibility index (Phi) is 4.96. The maximum atomic E-state index is 13.1. The van der Waals surface area contributed by atoms with Crippen LogP contribution in [-0.2, 0) is 12.8 Å². The Labute approximate surface area is 158 Å². The molecule has 6 nitrogen and oxygen atoms in total. The summed E-state index contributed by atoms with van der Waals surface area (Å²) >= 11 is 0. The highest BCUT2D eigenvalue weighted by Gasteiger charge is 2.22. The molecule has 0 bridgehead atoms. The summed E-state index contributed by atoms with van der Waals surface area (Å²) in [6.07, 6.45) is 7.49. The third-order valence-electron chi connectivity index (χ3n) is 4.90. The van der Waals surface area contributed by atoms with E-state index in [1.807, 2.05) is 13.0 Å². The predicted octanol–water partition coefficient (Wildman–Crippen LogP) is 3.05. The number of fused-ring (bicyclic) bond motifs is 2. The van der Waals surface area contributed by atoms with Crippen molar-refractivity contribution in [2.45, 2.75) is 32.6 Å². The van der Waals surface area contributed by atoms with Crippen molar-refractivity contribution >= 4 is 22.8 Å². The number of hydrogen-bond donors (Lipinski definition) is 2. The van der Waals surface area contributed by atoms with Gasteiger partial charge in [0.25, 0.3) is 5.91 Å². The summed E-state index contributed by atoms with van der Waals surface area (Å²) in [5, 5.41) is 7.11. The molecule has 0 saturated heterocycles. The molecule has 27 heavy (non-hydrogen) atoms. The predicted molar refractivity (Wildman–Crippen MR) is 106 cm³/mol. The van der Waals surface area contributed by atoms with Crippen LogP contribution in [0.1, 0.15) is 40.0 Å². The monoisotopic (exact) mass is 361 g/mol. The molecule has 1 aliphatic carbocycles. The number of carbonyl (C=O) groups is 1. The zero-order chi connectivity index (χ0) is 18.6. The molecule has 1 amide bonds. The number of carbonyl (C=O) groups excluding carboxylic acids is 1. The van der Waals surface area contributed by atoms with E-state index in [0.717, 1.165) is 59.0 Å².